The third kappa shape index (κ3) is 4.15. The molecule has 1 fully saturated rings. The summed E-state index contributed by atoms with van der Waals surface area (Å²) in [7, 11) is 0. The first-order valence-electron chi connectivity index (χ1n) is 11.5. The maximum absolute atomic E-state index is 12.6. The summed E-state index contributed by atoms with van der Waals surface area (Å²) in [6.45, 7) is 1.86. The van der Waals surface area contributed by atoms with Gasteiger partial charge in [0.1, 0.15) is 23.3 Å². The number of pyridine rings is 1. The molecular formula is C25H25N5O4. The fraction of sp³-hybridized carbons (Fsp3) is 0.360. The highest BCUT2D eigenvalue weighted by molar-refractivity contribution is 6.35. The van der Waals surface area contributed by atoms with Crippen molar-refractivity contribution in [2.75, 3.05) is 31.1 Å². The predicted molar refractivity (Wildman–Crippen MR) is 123 cm³/mol. The van der Waals surface area contributed by atoms with Crippen molar-refractivity contribution < 1.29 is 18.4 Å². The Balaban J connectivity index is 1.32. The van der Waals surface area contributed by atoms with Crippen LogP contribution in [0.25, 0.3) is 11.5 Å². The minimum atomic E-state index is -0.658. The SMILES string of the molecule is N#Cc1c(N2CCN(C(=O)C(=O)NCc3ccco3)CC2)nc(-c2ccco2)c2c1CCCC2. The van der Waals surface area contributed by atoms with E-state index in [0.717, 1.165) is 42.5 Å². The van der Waals surface area contributed by atoms with Gasteiger partial charge in [-0.05, 0) is 61.1 Å². The van der Waals surface area contributed by atoms with Crippen LogP contribution < -0.4 is 10.2 Å². The van der Waals surface area contributed by atoms with Crippen LogP contribution in [0, 0.1) is 11.3 Å². The van der Waals surface area contributed by atoms with Gasteiger partial charge in [0, 0.05) is 26.2 Å². The smallest absolute Gasteiger partial charge is 0.312 e. The van der Waals surface area contributed by atoms with Crippen molar-refractivity contribution >= 4 is 17.6 Å². The van der Waals surface area contributed by atoms with Gasteiger partial charge in [-0.2, -0.15) is 5.26 Å². The Hall–Kier alpha value is -4.06. The van der Waals surface area contributed by atoms with Crippen LogP contribution in [0.3, 0.4) is 0 Å². The van der Waals surface area contributed by atoms with Crippen LogP contribution in [0.5, 0.6) is 0 Å². The van der Waals surface area contributed by atoms with Crippen molar-refractivity contribution in [3.05, 3.63) is 59.2 Å². The lowest BCUT2D eigenvalue weighted by molar-refractivity contribution is -0.146. The third-order valence-corrected chi connectivity index (χ3v) is 6.43. The molecule has 1 aliphatic heterocycles. The standard InChI is InChI=1S/C25H25N5O4/c26-15-20-18-6-1-2-7-19(18)22(21-8-4-14-34-21)28-23(20)29-9-11-30(12-10-29)25(32)24(31)27-16-17-5-3-13-33-17/h3-5,8,13-14H,1-2,6-7,9-12,16H2,(H,27,31). The van der Waals surface area contributed by atoms with Gasteiger partial charge in [0.2, 0.25) is 0 Å². The van der Waals surface area contributed by atoms with Crippen LogP contribution in [-0.2, 0) is 29.0 Å². The van der Waals surface area contributed by atoms with E-state index in [-0.39, 0.29) is 6.54 Å². The first kappa shape index (κ1) is 21.8. The van der Waals surface area contributed by atoms with Gasteiger partial charge in [0.05, 0.1) is 24.6 Å². The van der Waals surface area contributed by atoms with Crippen LogP contribution in [0.1, 0.15) is 35.3 Å². The molecule has 0 aromatic carbocycles. The molecule has 2 aliphatic rings. The number of fused-ring (bicyclic) bond motifs is 1. The minimum absolute atomic E-state index is 0.164. The number of anilines is 1. The van der Waals surface area contributed by atoms with Crippen molar-refractivity contribution in [3.63, 3.8) is 0 Å². The topological polar surface area (TPSA) is 116 Å². The lowest BCUT2D eigenvalue weighted by Gasteiger charge is -2.36. The quantitative estimate of drug-likeness (QED) is 0.596. The average Bonchev–Trinajstić information content (AvgIpc) is 3.61. The average molecular weight is 460 g/mol. The van der Waals surface area contributed by atoms with Gasteiger partial charge in [-0.3, -0.25) is 9.59 Å². The summed E-state index contributed by atoms with van der Waals surface area (Å²) in [5.74, 6) is 0.687. The van der Waals surface area contributed by atoms with E-state index in [4.69, 9.17) is 13.8 Å². The van der Waals surface area contributed by atoms with E-state index >= 15 is 0 Å². The summed E-state index contributed by atoms with van der Waals surface area (Å²) in [5, 5.41) is 12.6. The Morgan fingerprint density at radius 2 is 1.76 bits per heavy atom. The zero-order chi connectivity index (χ0) is 23.5. The summed E-state index contributed by atoms with van der Waals surface area (Å²) in [5.41, 5.74) is 3.56. The number of hydrogen-bond donors (Lipinski definition) is 1. The van der Waals surface area contributed by atoms with Gasteiger partial charge >= 0.3 is 11.8 Å². The number of piperazine rings is 1. The molecule has 5 rings (SSSR count). The number of amides is 2. The van der Waals surface area contributed by atoms with Gasteiger partial charge < -0.3 is 24.0 Å². The second-order valence-electron chi connectivity index (χ2n) is 8.45. The Morgan fingerprint density at radius 3 is 2.44 bits per heavy atom. The zero-order valence-electron chi connectivity index (χ0n) is 18.7. The molecule has 0 unspecified atom stereocenters. The number of carbonyl (C=O) groups is 2. The minimum Gasteiger partial charge on any atom is -0.467 e. The number of carbonyl (C=O) groups excluding carboxylic acids is 2. The van der Waals surface area contributed by atoms with Crippen molar-refractivity contribution in [3.8, 4) is 17.5 Å². The van der Waals surface area contributed by atoms with Crippen molar-refractivity contribution in [1.82, 2.24) is 15.2 Å². The molecule has 0 saturated carbocycles. The largest absolute Gasteiger partial charge is 0.467 e. The third-order valence-electron chi connectivity index (χ3n) is 6.43. The molecule has 0 bridgehead atoms. The van der Waals surface area contributed by atoms with Gasteiger partial charge in [0.15, 0.2) is 5.76 Å². The molecule has 174 valence electrons. The molecule has 3 aromatic rings. The zero-order valence-corrected chi connectivity index (χ0v) is 18.7. The van der Waals surface area contributed by atoms with Crippen molar-refractivity contribution in [2.24, 2.45) is 0 Å². The Labute approximate surface area is 197 Å². The Bertz CT molecular complexity index is 1220. The van der Waals surface area contributed by atoms with Crippen LogP contribution in [-0.4, -0.2) is 47.9 Å². The predicted octanol–water partition coefficient (Wildman–Crippen LogP) is 2.65. The van der Waals surface area contributed by atoms with E-state index in [9.17, 15) is 14.9 Å². The summed E-state index contributed by atoms with van der Waals surface area (Å²) in [4.78, 5) is 33.4. The van der Waals surface area contributed by atoms with Gasteiger partial charge in [-0.25, -0.2) is 4.98 Å². The number of furan rings is 2. The van der Waals surface area contributed by atoms with E-state index in [2.05, 4.69) is 11.4 Å². The molecule has 9 heteroatoms. The molecule has 34 heavy (non-hydrogen) atoms. The van der Waals surface area contributed by atoms with Gasteiger partial charge in [0.25, 0.3) is 0 Å². The normalized spacial score (nSPS) is 15.5. The Kier molecular flexibility index (Phi) is 6.04. The van der Waals surface area contributed by atoms with E-state index in [0.29, 0.717) is 49.1 Å². The highest BCUT2D eigenvalue weighted by Crippen LogP contribution is 2.36. The number of hydrogen-bond acceptors (Lipinski definition) is 7. The first-order chi connectivity index (χ1) is 16.7. The van der Waals surface area contributed by atoms with Gasteiger partial charge in [-0.15, -0.1) is 0 Å². The molecule has 1 N–H and O–H groups in total. The highest BCUT2D eigenvalue weighted by atomic mass is 16.3. The molecule has 0 spiro atoms. The number of nitrogens with zero attached hydrogens (tertiary/aromatic N) is 4. The number of nitriles is 1. The summed E-state index contributed by atoms with van der Waals surface area (Å²) in [6, 6.07) is 9.58. The lowest BCUT2D eigenvalue weighted by Crippen LogP contribution is -2.53. The molecule has 1 aliphatic carbocycles. The Morgan fingerprint density at radius 1 is 1.03 bits per heavy atom. The van der Waals surface area contributed by atoms with Crippen molar-refractivity contribution in [2.45, 2.75) is 32.2 Å². The number of aromatic nitrogens is 1. The summed E-state index contributed by atoms with van der Waals surface area (Å²) < 4.78 is 10.8. The van der Waals surface area contributed by atoms with E-state index in [1.807, 2.05) is 17.0 Å². The van der Waals surface area contributed by atoms with Crippen LogP contribution in [0.15, 0.2) is 45.6 Å². The highest BCUT2D eigenvalue weighted by Gasteiger charge is 2.30. The fourth-order valence-electron chi connectivity index (χ4n) is 4.69. The molecule has 1 saturated heterocycles. The maximum Gasteiger partial charge on any atom is 0.312 e. The van der Waals surface area contributed by atoms with Gasteiger partial charge in [-0.1, -0.05) is 0 Å². The second-order valence-corrected chi connectivity index (χ2v) is 8.45. The van der Waals surface area contributed by atoms with Crippen LogP contribution in [0.4, 0.5) is 5.82 Å². The van der Waals surface area contributed by atoms with E-state index in [1.165, 1.54) is 11.2 Å². The van der Waals surface area contributed by atoms with Crippen molar-refractivity contribution in [1.29, 1.82) is 5.26 Å². The summed E-state index contributed by atoms with van der Waals surface area (Å²) >= 11 is 0. The molecule has 2 amide bonds. The second kappa shape index (κ2) is 9.43. The van der Waals surface area contributed by atoms with E-state index in [1.54, 1.807) is 18.4 Å². The molecular weight excluding hydrogens is 434 g/mol. The first-order valence-corrected chi connectivity index (χ1v) is 11.5. The van der Waals surface area contributed by atoms with E-state index < -0.39 is 11.8 Å². The molecule has 4 heterocycles. The molecule has 3 aromatic heterocycles. The number of rotatable bonds is 4. The monoisotopic (exact) mass is 459 g/mol. The van der Waals surface area contributed by atoms with Crippen LogP contribution >= 0.6 is 0 Å². The maximum atomic E-state index is 12.6. The molecule has 0 atom stereocenters. The lowest BCUT2D eigenvalue weighted by atomic mass is 9.87. The summed E-state index contributed by atoms with van der Waals surface area (Å²) in [6.07, 6.45) is 6.97. The molecule has 9 nitrogen and oxygen atoms in total. The fourth-order valence-corrected chi connectivity index (χ4v) is 4.69. The number of nitrogens with one attached hydrogen (secondary N) is 1. The molecule has 0 radical (unpaired) electrons. The van der Waals surface area contributed by atoms with Crippen LogP contribution in [0.2, 0.25) is 0 Å².